The average Bonchev–Trinajstić information content (AvgIpc) is 3.09. The van der Waals surface area contributed by atoms with Gasteiger partial charge in [0.05, 0.1) is 10.5 Å². The minimum Gasteiger partial charge on any atom is -0.403 e. The van der Waals surface area contributed by atoms with E-state index in [1.165, 1.54) is 25.1 Å². The second-order valence-electron chi connectivity index (χ2n) is 5.65. The summed E-state index contributed by atoms with van der Waals surface area (Å²) in [6, 6.07) is 7.77. The fourth-order valence-electron chi connectivity index (χ4n) is 2.42. The number of hydrogen-bond acceptors (Lipinski definition) is 6. The number of amides is 1. The summed E-state index contributed by atoms with van der Waals surface area (Å²) in [6.45, 7) is 1.43. The Morgan fingerprint density at radius 1 is 1.14 bits per heavy atom. The van der Waals surface area contributed by atoms with Gasteiger partial charge in [0, 0.05) is 22.8 Å². The molecule has 0 saturated heterocycles. The van der Waals surface area contributed by atoms with Gasteiger partial charge < -0.3 is 4.42 Å². The van der Waals surface area contributed by atoms with Crippen LogP contribution in [-0.4, -0.2) is 21.0 Å². The number of nitro benzene ring substituents is 1. The summed E-state index contributed by atoms with van der Waals surface area (Å²) in [6.07, 6.45) is -4.47. The molecule has 0 aliphatic rings. The molecule has 1 amide bonds. The van der Waals surface area contributed by atoms with Gasteiger partial charge in [-0.05, 0) is 37.3 Å². The first-order valence-corrected chi connectivity index (χ1v) is 7.73. The van der Waals surface area contributed by atoms with Crippen LogP contribution in [-0.2, 0) is 6.18 Å². The molecule has 1 aromatic heterocycles. The molecule has 8 nitrogen and oxygen atoms in total. The van der Waals surface area contributed by atoms with Crippen molar-refractivity contribution < 1.29 is 27.3 Å². The minimum atomic E-state index is -4.47. The summed E-state index contributed by atoms with van der Waals surface area (Å²) in [5.41, 5.74) is -0.613. The smallest absolute Gasteiger partial charge is 0.403 e. The van der Waals surface area contributed by atoms with Gasteiger partial charge in [-0.15, -0.1) is 5.10 Å². The van der Waals surface area contributed by atoms with E-state index in [0.717, 1.165) is 24.3 Å². The molecule has 144 valence electrons. The fourth-order valence-corrected chi connectivity index (χ4v) is 2.42. The molecule has 0 saturated carbocycles. The molecular formula is C17H11F3N4O4. The number of hydrogen-bond donors (Lipinski definition) is 1. The van der Waals surface area contributed by atoms with Gasteiger partial charge in [0.2, 0.25) is 5.89 Å². The quantitative estimate of drug-likeness (QED) is 0.526. The van der Waals surface area contributed by atoms with Gasteiger partial charge in [-0.1, -0.05) is 11.2 Å². The lowest BCUT2D eigenvalue weighted by atomic mass is 10.1. The summed E-state index contributed by atoms with van der Waals surface area (Å²) in [5.74, 6) is -0.802. The zero-order valence-corrected chi connectivity index (χ0v) is 14.1. The molecule has 1 N–H and O–H groups in total. The van der Waals surface area contributed by atoms with Crippen molar-refractivity contribution in [1.82, 2.24) is 10.2 Å². The van der Waals surface area contributed by atoms with Gasteiger partial charge in [-0.2, -0.15) is 13.2 Å². The maximum atomic E-state index is 12.6. The zero-order valence-electron chi connectivity index (χ0n) is 14.1. The normalized spacial score (nSPS) is 11.3. The number of aromatic nitrogens is 2. The number of nitrogens with zero attached hydrogens (tertiary/aromatic N) is 3. The summed E-state index contributed by atoms with van der Waals surface area (Å²) in [7, 11) is 0. The predicted octanol–water partition coefficient (Wildman–Crippen LogP) is 4.22. The van der Waals surface area contributed by atoms with Crippen molar-refractivity contribution in [1.29, 1.82) is 0 Å². The number of carbonyl (C=O) groups is 1. The van der Waals surface area contributed by atoms with E-state index < -0.39 is 22.6 Å². The zero-order chi connectivity index (χ0) is 20.5. The molecule has 0 aliphatic carbocycles. The van der Waals surface area contributed by atoms with Crippen molar-refractivity contribution in [2.24, 2.45) is 0 Å². The molecule has 1 heterocycles. The fraction of sp³-hybridized carbons (Fsp3) is 0.118. The Balaban J connectivity index is 1.79. The van der Waals surface area contributed by atoms with Gasteiger partial charge >= 0.3 is 12.2 Å². The summed E-state index contributed by atoms with van der Waals surface area (Å²) in [4.78, 5) is 22.7. The van der Waals surface area contributed by atoms with Gasteiger partial charge in [0.1, 0.15) is 0 Å². The Kier molecular flexibility index (Phi) is 4.82. The molecule has 28 heavy (non-hydrogen) atoms. The highest BCUT2D eigenvalue weighted by Crippen LogP contribution is 2.31. The highest BCUT2D eigenvalue weighted by atomic mass is 19.4. The maximum absolute atomic E-state index is 12.6. The standard InChI is InChI=1S/C17H11F3N4O4/c1-9-12(3-2-4-13(9)24(26)27)14(25)21-16-23-22-15(28-16)10-5-7-11(8-6-10)17(18,19)20/h2-8H,1H3,(H,21,23,25). The number of anilines is 1. The molecule has 11 heteroatoms. The lowest BCUT2D eigenvalue weighted by Gasteiger charge is -2.06. The van der Waals surface area contributed by atoms with Crippen LogP contribution in [0.4, 0.5) is 24.9 Å². The third-order valence-electron chi connectivity index (χ3n) is 3.85. The number of halogens is 3. The van der Waals surface area contributed by atoms with Gasteiger partial charge in [-0.25, -0.2) is 0 Å². The first kappa shape index (κ1) is 19.0. The van der Waals surface area contributed by atoms with Crippen LogP contribution in [0.1, 0.15) is 21.5 Å². The Hall–Kier alpha value is -3.76. The Morgan fingerprint density at radius 2 is 1.82 bits per heavy atom. The van der Waals surface area contributed by atoms with Crippen LogP contribution >= 0.6 is 0 Å². The monoisotopic (exact) mass is 392 g/mol. The number of alkyl halides is 3. The van der Waals surface area contributed by atoms with Crippen LogP contribution in [0, 0.1) is 17.0 Å². The van der Waals surface area contributed by atoms with Crippen molar-refractivity contribution in [2.75, 3.05) is 5.32 Å². The molecule has 0 spiro atoms. The molecule has 0 fully saturated rings. The lowest BCUT2D eigenvalue weighted by Crippen LogP contribution is -2.14. The minimum absolute atomic E-state index is 0.0449. The Bertz CT molecular complexity index is 1050. The van der Waals surface area contributed by atoms with Crippen LogP contribution in [0.25, 0.3) is 11.5 Å². The van der Waals surface area contributed by atoms with Crippen LogP contribution in [0.3, 0.4) is 0 Å². The number of benzene rings is 2. The van der Waals surface area contributed by atoms with Crippen molar-refractivity contribution in [3.8, 4) is 11.5 Å². The predicted molar refractivity (Wildman–Crippen MR) is 90.5 cm³/mol. The number of carbonyl (C=O) groups excluding carboxylic acids is 1. The maximum Gasteiger partial charge on any atom is 0.416 e. The van der Waals surface area contributed by atoms with E-state index in [4.69, 9.17) is 4.42 Å². The molecule has 0 aliphatic heterocycles. The van der Waals surface area contributed by atoms with Crippen molar-refractivity contribution in [3.05, 3.63) is 69.3 Å². The van der Waals surface area contributed by atoms with Gasteiger partial charge in [-0.3, -0.25) is 20.2 Å². The first-order chi connectivity index (χ1) is 13.2. The van der Waals surface area contributed by atoms with E-state index in [1.54, 1.807) is 0 Å². The largest absolute Gasteiger partial charge is 0.416 e. The van der Waals surface area contributed by atoms with Gasteiger partial charge in [0.15, 0.2) is 0 Å². The number of rotatable bonds is 4. The molecule has 0 radical (unpaired) electrons. The summed E-state index contributed by atoms with van der Waals surface area (Å²) in [5, 5.41) is 20.6. The highest BCUT2D eigenvalue weighted by Gasteiger charge is 2.30. The SMILES string of the molecule is Cc1c(C(=O)Nc2nnc(-c3ccc(C(F)(F)F)cc3)o2)cccc1[N+](=O)[O-]. The van der Waals surface area contributed by atoms with E-state index in [9.17, 15) is 28.1 Å². The molecule has 2 aromatic carbocycles. The molecular weight excluding hydrogens is 381 g/mol. The van der Waals surface area contributed by atoms with E-state index in [0.29, 0.717) is 0 Å². The third-order valence-corrected chi connectivity index (χ3v) is 3.85. The second kappa shape index (κ2) is 7.10. The molecule has 3 aromatic rings. The summed E-state index contributed by atoms with van der Waals surface area (Å²) < 4.78 is 43.0. The lowest BCUT2D eigenvalue weighted by molar-refractivity contribution is -0.385. The van der Waals surface area contributed by atoms with Gasteiger partial charge in [0.25, 0.3) is 11.6 Å². The van der Waals surface area contributed by atoms with E-state index >= 15 is 0 Å². The first-order valence-electron chi connectivity index (χ1n) is 7.73. The van der Waals surface area contributed by atoms with Crippen LogP contribution in [0.15, 0.2) is 46.9 Å². The molecule has 3 rings (SSSR count). The second-order valence-corrected chi connectivity index (χ2v) is 5.65. The Morgan fingerprint density at radius 3 is 2.43 bits per heavy atom. The van der Waals surface area contributed by atoms with Crippen molar-refractivity contribution in [3.63, 3.8) is 0 Å². The van der Waals surface area contributed by atoms with E-state index in [2.05, 4.69) is 15.5 Å². The summed E-state index contributed by atoms with van der Waals surface area (Å²) >= 11 is 0. The van der Waals surface area contributed by atoms with Crippen LogP contribution in [0.2, 0.25) is 0 Å². The van der Waals surface area contributed by atoms with Crippen LogP contribution < -0.4 is 5.32 Å². The number of nitro groups is 1. The van der Waals surface area contributed by atoms with Crippen LogP contribution in [0.5, 0.6) is 0 Å². The topological polar surface area (TPSA) is 111 Å². The highest BCUT2D eigenvalue weighted by molar-refractivity contribution is 6.04. The van der Waals surface area contributed by atoms with Crippen molar-refractivity contribution >= 4 is 17.6 Å². The Labute approximate surface area is 155 Å². The average molecular weight is 392 g/mol. The van der Waals surface area contributed by atoms with Crippen molar-refractivity contribution in [2.45, 2.75) is 13.1 Å². The third kappa shape index (κ3) is 3.82. The van der Waals surface area contributed by atoms with E-state index in [1.807, 2.05) is 0 Å². The van der Waals surface area contributed by atoms with E-state index in [-0.39, 0.29) is 34.3 Å². The molecule has 0 atom stereocenters. The molecule has 0 bridgehead atoms. The molecule has 0 unspecified atom stereocenters. The number of nitrogens with one attached hydrogen (secondary N) is 1.